The summed E-state index contributed by atoms with van der Waals surface area (Å²) >= 11 is 0.859. The van der Waals surface area contributed by atoms with Crippen molar-refractivity contribution in [3.8, 4) is 17.2 Å². The fourth-order valence-corrected chi connectivity index (χ4v) is 3.71. The van der Waals surface area contributed by atoms with Crippen molar-refractivity contribution >= 4 is 34.9 Å². The Morgan fingerprint density at radius 3 is 2.30 bits per heavy atom. The number of benzene rings is 1. The molecule has 1 aromatic carbocycles. The van der Waals surface area contributed by atoms with Gasteiger partial charge in [0.15, 0.2) is 11.5 Å². The van der Waals surface area contributed by atoms with Gasteiger partial charge in [0.1, 0.15) is 0 Å². The molecule has 1 aromatic rings. The van der Waals surface area contributed by atoms with E-state index in [0.29, 0.717) is 40.1 Å². The van der Waals surface area contributed by atoms with Crippen LogP contribution in [0.1, 0.15) is 32.3 Å². The zero-order valence-electron chi connectivity index (χ0n) is 17.9. The van der Waals surface area contributed by atoms with Crippen LogP contribution in [0.2, 0.25) is 0 Å². The molecule has 1 heterocycles. The lowest BCUT2D eigenvalue weighted by Gasteiger charge is -2.14. The van der Waals surface area contributed by atoms with E-state index in [9.17, 15) is 14.4 Å². The molecule has 1 aliphatic heterocycles. The molecule has 30 heavy (non-hydrogen) atoms. The minimum absolute atomic E-state index is 0.0800. The van der Waals surface area contributed by atoms with Crippen LogP contribution in [0.15, 0.2) is 17.0 Å². The maximum Gasteiger partial charge on any atom is 0.293 e. The fraction of sp³-hybridized carbons (Fsp3) is 0.476. The summed E-state index contributed by atoms with van der Waals surface area (Å²) in [5.74, 6) is 1.31. The number of nitrogens with one attached hydrogen (secondary N) is 1. The van der Waals surface area contributed by atoms with Gasteiger partial charge in [-0.25, -0.2) is 0 Å². The first-order chi connectivity index (χ1) is 14.3. The number of carbonyl (C=O) groups is 3. The number of methoxy groups -OCH3 is 3. The first-order valence-corrected chi connectivity index (χ1v) is 10.4. The van der Waals surface area contributed by atoms with Crippen molar-refractivity contribution in [2.45, 2.75) is 26.7 Å². The van der Waals surface area contributed by atoms with Gasteiger partial charge in [0, 0.05) is 19.5 Å². The van der Waals surface area contributed by atoms with Crippen molar-refractivity contribution in [1.29, 1.82) is 0 Å². The van der Waals surface area contributed by atoms with Crippen LogP contribution in [0.5, 0.6) is 17.2 Å². The molecule has 0 bridgehead atoms. The number of carbonyl (C=O) groups excluding carboxylic acids is 3. The number of hydrogen-bond donors (Lipinski definition) is 1. The third kappa shape index (κ3) is 5.91. The Labute approximate surface area is 180 Å². The first kappa shape index (κ1) is 23.6. The second-order valence-electron chi connectivity index (χ2n) is 7.07. The topological polar surface area (TPSA) is 94.2 Å². The molecule has 0 spiro atoms. The van der Waals surface area contributed by atoms with E-state index in [1.165, 1.54) is 21.3 Å². The first-order valence-electron chi connectivity index (χ1n) is 9.62. The van der Waals surface area contributed by atoms with Crippen LogP contribution in [0.25, 0.3) is 6.08 Å². The van der Waals surface area contributed by atoms with Crippen LogP contribution in [-0.4, -0.2) is 56.4 Å². The van der Waals surface area contributed by atoms with Gasteiger partial charge < -0.3 is 19.5 Å². The molecule has 1 fully saturated rings. The van der Waals surface area contributed by atoms with E-state index in [2.05, 4.69) is 5.32 Å². The predicted molar refractivity (Wildman–Crippen MR) is 116 cm³/mol. The third-order valence-corrected chi connectivity index (χ3v) is 5.37. The Morgan fingerprint density at radius 2 is 1.77 bits per heavy atom. The van der Waals surface area contributed by atoms with Gasteiger partial charge in [-0.1, -0.05) is 13.8 Å². The summed E-state index contributed by atoms with van der Waals surface area (Å²) < 4.78 is 15.9. The zero-order valence-corrected chi connectivity index (χ0v) is 18.8. The van der Waals surface area contributed by atoms with Gasteiger partial charge in [-0.2, -0.15) is 0 Å². The molecule has 0 atom stereocenters. The number of ether oxygens (including phenoxy) is 3. The average Bonchev–Trinajstić information content (AvgIpc) is 2.98. The number of imide groups is 1. The second kappa shape index (κ2) is 10.9. The molecule has 1 saturated heterocycles. The molecule has 0 aliphatic carbocycles. The lowest BCUT2D eigenvalue weighted by atomic mass is 10.1. The summed E-state index contributed by atoms with van der Waals surface area (Å²) in [4.78, 5) is 38.2. The van der Waals surface area contributed by atoms with E-state index in [1.54, 1.807) is 18.2 Å². The summed E-state index contributed by atoms with van der Waals surface area (Å²) in [5.41, 5.74) is 0.636. The van der Waals surface area contributed by atoms with Gasteiger partial charge in [-0.05, 0) is 47.9 Å². The van der Waals surface area contributed by atoms with Crippen molar-refractivity contribution in [3.05, 3.63) is 22.6 Å². The van der Waals surface area contributed by atoms with Crippen LogP contribution in [-0.2, 0) is 9.59 Å². The number of hydrogen-bond acceptors (Lipinski definition) is 7. The molecule has 3 amide bonds. The van der Waals surface area contributed by atoms with Gasteiger partial charge >= 0.3 is 0 Å². The Balaban J connectivity index is 2.07. The van der Waals surface area contributed by atoms with Crippen LogP contribution >= 0.6 is 11.8 Å². The van der Waals surface area contributed by atoms with Crippen molar-refractivity contribution in [3.63, 3.8) is 0 Å². The second-order valence-corrected chi connectivity index (χ2v) is 8.07. The molecule has 8 nitrogen and oxygen atoms in total. The Morgan fingerprint density at radius 1 is 1.13 bits per heavy atom. The minimum atomic E-state index is -0.393. The van der Waals surface area contributed by atoms with E-state index in [-0.39, 0.29) is 24.2 Å². The summed E-state index contributed by atoms with van der Waals surface area (Å²) in [5, 5.41) is 2.39. The average molecular weight is 437 g/mol. The quantitative estimate of drug-likeness (QED) is 0.562. The highest BCUT2D eigenvalue weighted by Crippen LogP contribution is 2.40. The van der Waals surface area contributed by atoms with E-state index < -0.39 is 5.91 Å². The molecule has 164 valence electrons. The number of amides is 3. The summed E-state index contributed by atoms with van der Waals surface area (Å²) in [6, 6.07) is 3.40. The zero-order chi connectivity index (χ0) is 22.3. The highest BCUT2D eigenvalue weighted by molar-refractivity contribution is 8.18. The largest absolute Gasteiger partial charge is 0.493 e. The Bertz CT molecular complexity index is 812. The van der Waals surface area contributed by atoms with Crippen molar-refractivity contribution in [2.24, 2.45) is 5.92 Å². The predicted octanol–water partition coefficient (Wildman–Crippen LogP) is 3.30. The van der Waals surface area contributed by atoms with Crippen LogP contribution in [0, 0.1) is 5.92 Å². The molecular formula is C21H28N2O6S. The highest BCUT2D eigenvalue weighted by atomic mass is 32.2. The molecule has 0 saturated carbocycles. The summed E-state index contributed by atoms with van der Waals surface area (Å²) in [6.45, 7) is 4.46. The maximum atomic E-state index is 12.7. The molecule has 0 radical (unpaired) electrons. The van der Waals surface area contributed by atoms with Gasteiger partial charge in [0.05, 0.1) is 26.2 Å². The summed E-state index contributed by atoms with van der Waals surface area (Å²) in [7, 11) is 4.52. The van der Waals surface area contributed by atoms with Gasteiger partial charge in [-0.15, -0.1) is 0 Å². The third-order valence-electron chi connectivity index (χ3n) is 4.46. The molecule has 0 aromatic heterocycles. The number of thioether (sulfide) groups is 1. The number of nitrogens with zero attached hydrogens (tertiary/aromatic N) is 1. The van der Waals surface area contributed by atoms with Crippen molar-refractivity contribution in [1.82, 2.24) is 10.2 Å². The molecule has 2 rings (SSSR count). The lowest BCUT2D eigenvalue weighted by molar-refractivity contribution is -0.124. The standard InChI is InChI=1S/C21H28N2O6S/c1-13(2)6-7-18(24)22-8-9-23-20(25)17(30-21(23)26)12-14-10-15(27-3)19(29-5)16(11-14)28-4/h10-13H,6-9H2,1-5H3,(H,22,24)/b17-12-. The minimum Gasteiger partial charge on any atom is -0.493 e. The summed E-state index contributed by atoms with van der Waals surface area (Å²) in [6.07, 6.45) is 2.84. The van der Waals surface area contributed by atoms with E-state index in [0.717, 1.165) is 23.1 Å². The van der Waals surface area contributed by atoms with E-state index in [1.807, 2.05) is 13.8 Å². The van der Waals surface area contributed by atoms with Gasteiger partial charge in [0.25, 0.3) is 11.1 Å². The molecule has 1 aliphatic rings. The lowest BCUT2D eigenvalue weighted by Crippen LogP contribution is -2.37. The van der Waals surface area contributed by atoms with E-state index >= 15 is 0 Å². The van der Waals surface area contributed by atoms with Crippen LogP contribution in [0.4, 0.5) is 4.79 Å². The van der Waals surface area contributed by atoms with E-state index in [4.69, 9.17) is 14.2 Å². The highest BCUT2D eigenvalue weighted by Gasteiger charge is 2.34. The maximum absolute atomic E-state index is 12.7. The van der Waals surface area contributed by atoms with Gasteiger partial charge in [0.2, 0.25) is 11.7 Å². The van der Waals surface area contributed by atoms with Crippen molar-refractivity contribution in [2.75, 3.05) is 34.4 Å². The molecular weight excluding hydrogens is 408 g/mol. The smallest absolute Gasteiger partial charge is 0.293 e. The fourth-order valence-electron chi connectivity index (χ4n) is 2.84. The SMILES string of the molecule is COc1cc(/C=C2\SC(=O)N(CCNC(=O)CCC(C)C)C2=O)cc(OC)c1OC. The Hall–Kier alpha value is -2.68. The Kier molecular flexibility index (Phi) is 8.58. The monoisotopic (exact) mass is 436 g/mol. The molecule has 0 unspecified atom stereocenters. The molecule has 1 N–H and O–H groups in total. The normalized spacial score (nSPS) is 15.1. The molecule has 9 heteroatoms. The van der Waals surface area contributed by atoms with Crippen LogP contribution in [0.3, 0.4) is 0 Å². The van der Waals surface area contributed by atoms with Crippen LogP contribution < -0.4 is 19.5 Å². The number of rotatable bonds is 10. The van der Waals surface area contributed by atoms with Gasteiger partial charge in [-0.3, -0.25) is 19.3 Å². The van der Waals surface area contributed by atoms with Crippen molar-refractivity contribution < 1.29 is 28.6 Å².